The summed E-state index contributed by atoms with van der Waals surface area (Å²) in [5.74, 6) is 4.83. The van der Waals surface area contributed by atoms with Gasteiger partial charge in [-0.1, -0.05) is 17.9 Å². The summed E-state index contributed by atoms with van der Waals surface area (Å²) in [4.78, 5) is 23.6. The molecule has 1 aromatic rings. The summed E-state index contributed by atoms with van der Waals surface area (Å²) in [5, 5.41) is 20.6. The molecular weight excluding hydrogens is 320 g/mol. The molecule has 2 rings (SSSR count). The summed E-state index contributed by atoms with van der Waals surface area (Å²) < 4.78 is 0. The average Bonchev–Trinajstić information content (AvgIpc) is 2.64. The van der Waals surface area contributed by atoms with Crippen LogP contribution in [0.1, 0.15) is 48.5 Å². The van der Waals surface area contributed by atoms with Crippen LogP contribution in [0, 0.1) is 11.8 Å². The van der Waals surface area contributed by atoms with Gasteiger partial charge in [0.2, 0.25) is 0 Å². The van der Waals surface area contributed by atoms with Crippen LogP contribution in [0.3, 0.4) is 0 Å². The van der Waals surface area contributed by atoms with Gasteiger partial charge in [0.25, 0.3) is 11.8 Å². The molecule has 0 saturated heterocycles. The van der Waals surface area contributed by atoms with Gasteiger partial charge in [-0.05, 0) is 62.4 Å². The fourth-order valence-electron chi connectivity index (χ4n) is 2.51. The Hall–Kier alpha value is -2.62. The van der Waals surface area contributed by atoms with E-state index >= 15 is 0 Å². The Morgan fingerprint density at radius 1 is 1.16 bits per heavy atom. The Morgan fingerprint density at radius 3 is 2.44 bits per heavy atom. The van der Waals surface area contributed by atoms with Gasteiger partial charge in [0, 0.05) is 11.1 Å². The largest absolute Gasteiger partial charge is 0.391 e. The minimum atomic E-state index is -1.24. The number of hydrogen-bond acceptors (Lipinski definition) is 4. The highest BCUT2D eigenvalue weighted by Gasteiger charge is 2.25. The quantitative estimate of drug-likeness (QED) is 0.379. The lowest BCUT2D eigenvalue weighted by atomic mass is 10.00. The molecule has 6 heteroatoms. The average molecular weight is 342 g/mol. The third-order valence-electron chi connectivity index (χ3n) is 3.97. The zero-order valence-corrected chi connectivity index (χ0v) is 14.1. The molecule has 0 radical (unpaired) electrons. The van der Waals surface area contributed by atoms with Crippen molar-refractivity contribution >= 4 is 11.8 Å². The maximum Gasteiger partial charge on any atom is 0.268 e. The first-order valence-electron chi connectivity index (χ1n) is 8.25. The van der Waals surface area contributed by atoms with E-state index in [4.69, 9.17) is 5.21 Å². The number of hydrogen-bond donors (Lipinski definition) is 4. The van der Waals surface area contributed by atoms with Crippen molar-refractivity contribution in [2.24, 2.45) is 0 Å². The monoisotopic (exact) mass is 342 g/mol. The van der Waals surface area contributed by atoms with Gasteiger partial charge < -0.3 is 10.4 Å². The standard InChI is InChI=1S/C19H22N2O4/c1-13(22)17(19(24)21-25)20-18(23)16-11-9-15(10-12-16)8-7-14-5-3-2-4-6-14/h5,9-13,17,22,25H,2-4,6H2,1H3,(H,20,23)(H,21,24)/t13-,17+/m1/s1. The molecule has 1 aromatic carbocycles. The summed E-state index contributed by atoms with van der Waals surface area (Å²) in [6.07, 6.45) is 5.50. The van der Waals surface area contributed by atoms with Gasteiger partial charge in [-0.2, -0.15) is 0 Å². The maximum absolute atomic E-state index is 12.2. The molecule has 25 heavy (non-hydrogen) atoms. The van der Waals surface area contributed by atoms with E-state index in [2.05, 4.69) is 23.2 Å². The maximum atomic E-state index is 12.2. The minimum Gasteiger partial charge on any atom is -0.391 e. The van der Waals surface area contributed by atoms with E-state index in [1.165, 1.54) is 25.2 Å². The lowest BCUT2D eigenvalue weighted by Gasteiger charge is -2.19. The summed E-state index contributed by atoms with van der Waals surface area (Å²) in [7, 11) is 0. The molecule has 2 atom stereocenters. The van der Waals surface area contributed by atoms with Gasteiger partial charge in [-0.15, -0.1) is 0 Å². The molecule has 1 aliphatic carbocycles. The lowest BCUT2D eigenvalue weighted by molar-refractivity contribution is -0.133. The number of allylic oxidation sites excluding steroid dienone is 2. The minimum absolute atomic E-state index is 0.332. The van der Waals surface area contributed by atoms with E-state index in [0.29, 0.717) is 5.56 Å². The van der Waals surface area contributed by atoms with Crippen LogP contribution in [0.4, 0.5) is 0 Å². The molecule has 0 fully saturated rings. The van der Waals surface area contributed by atoms with Crippen molar-refractivity contribution in [1.82, 2.24) is 10.8 Å². The number of carbonyl (C=O) groups is 2. The number of rotatable bonds is 4. The SMILES string of the molecule is C[C@@H](O)[C@H](NC(=O)c1ccc(C#CC2=CCCCC2)cc1)C(=O)NO. The van der Waals surface area contributed by atoms with Crippen LogP contribution in [-0.4, -0.2) is 34.3 Å². The zero-order chi connectivity index (χ0) is 18.2. The number of hydroxylamine groups is 1. The summed E-state index contributed by atoms with van der Waals surface area (Å²) in [6, 6.07) is 5.42. The Balaban J connectivity index is 2.03. The van der Waals surface area contributed by atoms with Crippen molar-refractivity contribution in [3.63, 3.8) is 0 Å². The van der Waals surface area contributed by atoms with Crippen molar-refractivity contribution < 1.29 is 19.9 Å². The number of aliphatic hydroxyl groups excluding tert-OH is 1. The first-order valence-corrected chi connectivity index (χ1v) is 8.25. The molecule has 0 heterocycles. The Bertz CT molecular complexity index is 711. The third-order valence-corrected chi connectivity index (χ3v) is 3.97. The predicted molar refractivity (Wildman–Crippen MR) is 92.7 cm³/mol. The van der Waals surface area contributed by atoms with Gasteiger partial charge in [-0.25, -0.2) is 5.48 Å². The van der Waals surface area contributed by atoms with Gasteiger partial charge in [0.1, 0.15) is 6.04 Å². The Labute approximate surface area is 146 Å². The van der Waals surface area contributed by atoms with E-state index in [0.717, 1.165) is 24.0 Å². The van der Waals surface area contributed by atoms with Crippen LogP contribution in [0.15, 0.2) is 35.9 Å². The van der Waals surface area contributed by atoms with Crippen LogP contribution in [0.25, 0.3) is 0 Å². The van der Waals surface area contributed by atoms with E-state index in [1.54, 1.807) is 24.3 Å². The van der Waals surface area contributed by atoms with Gasteiger partial charge >= 0.3 is 0 Å². The zero-order valence-electron chi connectivity index (χ0n) is 14.1. The number of carbonyl (C=O) groups excluding carboxylic acids is 2. The molecule has 132 valence electrons. The van der Waals surface area contributed by atoms with Gasteiger partial charge in [0.15, 0.2) is 0 Å². The van der Waals surface area contributed by atoms with Crippen molar-refractivity contribution in [2.45, 2.75) is 44.8 Å². The Kier molecular flexibility index (Phi) is 6.75. The van der Waals surface area contributed by atoms with Crippen LogP contribution < -0.4 is 10.8 Å². The highest BCUT2D eigenvalue weighted by atomic mass is 16.5. The number of benzene rings is 1. The highest BCUT2D eigenvalue weighted by molar-refractivity contribution is 5.97. The summed E-state index contributed by atoms with van der Waals surface area (Å²) in [6.45, 7) is 1.35. The first-order chi connectivity index (χ1) is 12.0. The molecule has 0 bridgehead atoms. The van der Waals surface area contributed by atoms with E-state index in [9.17, 15) is 14.7 Å². The Morgan fingerprint density at radius 2 is 1.88 bits per heavy atom. The molecule has 0 spiro atoms. The van der Waals surface area contributed by atoms with E-state index in [1.807, 2.05) is 0 Å². The molecular formula is C19H22N2O4. The van der Waals surface area contributed by atoms with Crippen LogP contribution in [0.2, 0.25) is 0 Å². The molecule has 0 unspecified atom stereocenters. The third kappa shape index (κ3) is 5.45. The number of nitrogens with one attached hydrogen (secondary N) is 2. The fourth-order valence-corrected chi connectivity index (χ4v) is 2.51. The molecule has 1 aliphatic rings. The van der Waals surface area contributed by atoms with Crippen LogP contribution in [0.5, 0.6) is 0 Å². The lowest BCUT2D eigenvalue weighted by Crippen LogP contribution is -2.51. The number of amides is 2. The molecule has 0 aliphatic heterocycles. The molecule has 0 aromatic heterocycles. The predicted octanol–water partition coefficient (Wildman–Crippen LogP) is 1.52. The van der Waals surface area contributed by atoms with E-state index < -0.39 is 24.0 Å². The second-order valence-electron chi connectivity index (χ2n) is 5.97. The van der Waals surface area contributed by atoms with Crippen molar-refractivity contribution in [1.29, 1.82) is 0 Å². The van der Waals surface area contributed by atoms with Gasteiger partial charge in [0.05, 0.1) is 6.10 Å². The fraction of sp³-hybridized carbons (Fsp3) is 0.368. The molecule has 2 amide bonds. The normalized spacial score (nSPS) is 15.9. The topological polar surface area (TPSA) is 98.7 Å². The smallest absolute Gasteiger partial charge is 0.268 e. The highest BCUT2D eigenvalue weighted by Crippen LogP contribution is 2.16. The van der Waals surface area contributed by atoms with Crippen molar-refractivity contribution in [3.05, 3.63) is 47.0 Å². The molecule has 6 nitrogen and oxygen atoms in total. The number of aliphatic hydroxyl groups is 1. The summed E-state index contributed by atoms with van der Waals surface area (Å²) >= 11 is 0. The summed E-state index contributed by atoms with van der Waals surface area (Å²) in [5.41, 5.74) is 3.71. The van der Waals surface area contributed by atoms with Crippen LogP contribution >= 0.6 is 0 Å². The van der Waals surface area contributed by atoms with Crippen molar-refractivity contribution in [3.8, 4) is 11.8 Å². The van der Waals surface area contributed by atoms with Crippen molar-refractivity contribution in [2.75, 3.05) is 0 Å². The van der Waals surface area contributed by atoms with Crippen LogP contribution in [-0.2, 0) is 4.79 Å². The second-order valence-corrected chi connectivity index (χ2v) is 5.97. The van der Waals surface area contributed by atoms with Gasteiger partial charge in [-0.3, -0.25) is 14.8 Å². The first kappa shape index (κ1) is 18.7. The second kappa shape index (κ2) is 9.02. The molecule has 4 N–H and O–H groups in total. The molecule has 0 saturated carbocycles. The van der Waals surface area contributed by atoms with E-state index in [-0.39, 0.29) is 0 Å².